The zero-order valence-corrected chi connectivity index (χ0v) is 17.7. The van der Waals surface area contributed by atoms with Crippen LogP contribution in [0.25, 0.3) is 11.5 Å². The van der Waals surface area contributed by atoms with Crippen molar-refractivity contribution in [3.63, 3.8) is 0 Å². The lowest BCUT2D eigenvalue weighted by atomic mass is 10.2. The van der Waals surface area contributed by atoms with Gasteiger partial charge in [-0.25, -0.2) is 8.42 Å². The minimum atomic E-state index is -3.53. The number of hydrogen-bond acceptors (Lipinski definition) is 7. The van der Waals surface area contributed by atoms with Gasteiger partial charge in [0, 0.05) is 22.1 Å². The van der Waals surface area contributed by atoms with E-state index in [1.807, 2.05) is 24.3 Å². The molecule has 0 radical (unpaired) electrons. The zero-order valence-electron chi connectivity index (χ0n) is 16.0. The van der Waals surface area contributed by atoms with Gasteiger partial charge >= 0.3 is 6.01 Å². The predicted octanol–water partition coefficient (Wildman–Crippen LogP) is 4.04. The molecule has 29 heavy (non-hydrogen) atoms. The summed E-state index contributed by atoms with van der Waals surface area (Å²) in [5, 5.41) is 10.7. The maximum absolute atomic E-state index is 12.3. The minimum Gasteiger partial charge on any atom is -0.403 e. The van der Waals surface area contributed by atoms with Crippen LogP contribution in [0.15, 0.2) is 68.8 Å². The van der Waals surface area contributed by atoms with E-state index in [2.05, 4.69) is 29.4 Å². The van der Waals surface area contributed by atoms with Gasteiger partial charge in [-0.3, -0.25) is 10.1 Å². The molecule has 0 aliphatic heterocycles. The number of hydrogen-bond donors (Lipinski definition) is 1. The van der Waals surface area contributed by atoms with E-state index in [0.29, 0.717) is 5.25 Å². The molecule has 1 N–H and O–H groups in total. The molecule has 0 saturated heterocycles. The van der Waals surface area contributed by atoms with Gasteiger partial charge in [-0.1, -0.05) is 43.2 Å². The lowest BCUT2D eigenvalue weighted by Gasteiger charge is -2.05. The standard InChI is InChI=1S/C20H21N3O4S2/c1-14(2)28-16-8-6-7-15(13-16)19-22-23-20(27-19)21-18(24)11-12-29(25,26)17-9-4-3-5-10-17/h3-10,13-14H,11-12H2,1-2H3,(H,21,23,24). The largest absolute Gasteiger partial charge is 0.403 e. The van der Waals surface area contributed by atoms with E-state index >= 15 is 0 Å². The van der Waals surface area contributed by atoms with Crippen molar-refractivity contribution in [2.24, 2.45) is 0 Å². The van der Waals surface area contributed by atoms with Crippen molar-refractivity contribution in [1.29, 1.82) is 0 Å². The molecule has 3 rings (SSSR count). The van der Waals surface area contributed by atoms with Crippen LogP contribution < -0.4 is 5.32 Å². The molecule has 7 nitrogen and oxygen atoms in total. The average molecular weight is 432 g/mol. The van der Waals surface area contributed by atoms with E-state index in [4.69, 9.17) is 4.42 Å². The Morgan fingerprint density at radius 1 is 1.10 bits per heavy atom. The van der Waals surface area contributed by atoms with Crippen LogP contribution in [0.4, 0.5) is 6.01 Å². The molecule has 3 aromatic rings. The maximum Gasteiger partial charge on any atom is 0.322 e. The molecule has 0 unspecified atom stereocenters. The number of rotatable bonds is 8. The Labute approximate surface area is 173 Å². The molecule has 0 bridgehead atoms. The van der Waals surface area contributed by atoms with Crippen LogP contribution in [0.5, 0.6) is 0 Å². The number of carbonyl (C=O) groups is 1. The normalized spacial score (nSPS) is 11.6. The molecule has 152 valence electrons. The Morgan fingerprint density at radius 2 is 1.86 bits per heavy atom. The van der Waals surface area contributed by atoms with Gasteiger partial charge in [0.15, 0.2) is 9.84 Å². The van der Waals surface area contributed by atoms with Crippen molar-refractivity contribution in [2.45, 2.75) is 35.3 Å². The van der Waals surface area contributed by atoms with Gasteiger partial charge in [-0.05, 0) is 30.3 Å². The Kier molecular flexibility index (Phi) is 6.71. The number of thioether (sulfide) groups is 1. The van der Waals surface area contributed by atoms with E-state index in [1.165, 1.54) is 12.1 Å². The fraction of sp³-hybridized carbons (Fsp3) is 0.250. The number of sulfone groups is 1. The molecule has 1 amide bonds. The summed E-state index contributed by atoms with van der Waals surface area (Å²) in [6.07, 6.45) is -0.213. The Hall–Kier alpha value is -2.65. The monoisotopic (exact) mass is 431 g/mol. The van der Waals surface area contributed by atoms with Gasteiger partial charge in [-0.2, -0.15) is 0 Å². The molecule has 0 saturated carbocycles. The number of anilines is 1. The van der Waals surface area contributed by atoms with Gasteiger partial charge in [0.05, 0.1) is 10.6 Å². The maximum atomic E-state index is 12.3. The second-order valence-electron chi connectivity index (χ2n) is 6.54. The molecule has 0 aliphatic rings. The highest BCUT2D eigenvalue weighted by atomic mass is 32.2. The predicted molar refractivity (Wildman–Crippen MR) is 112 cm³/mol. The molecule has 0 atom stereocenters. The number of benzene rings is 2. The lowest BCUT2D eigenvalue weighted by Crippen LogP contribution is -2.17. The molecular formula is C20H21N3O4S2. The third-order valence-electron chi connectivity index (χ3n) is 3.82. The molecule has 0 fully saturated rings. The van der Waals surface area contributed by atoms with E-state index < -0.39 is 15.7 Å². The van der Waals surface area contributed by atoms with Crippen LogP contribution in [0.1, 0.15) is 20.3 Å². The second kappa shape index (κ2) is 9.23. The molecular weight excluding hydrogens is 410 g/mol. The number of nitrogens with one attached hydrogen (secondary N) is 1. The van der Waals surface area contributed by atoms with Gasteiger partial charge in [-0.15, -0.1) is 16.9 Å². The van der Waals surface area contributed by atoms with E-state index in [-0.39, 0.29) is 29.0 Å². The van der Waals surface area contributed by atoms with Crippen LogP contribution in [0, 0.1) is 0 Å². The van der Waals surface area contributed by atoms with Gasteiger partial charge in [0.25, 0.3) is 0 Å². The highest BCUT2D eigenvalue weighted by Gasteiger charge is 2.18. The summed E-state index contributed by atoms with van der Waals surface area (Å²) < 4.78 is 30.0. The molecule has 1 aromatic heterocycles. The first kappa shape index (κ1) is 21.1. The summed E-state index contributed by atoms with van der Waals surface area (Å²) in [7, 11) is -3.53. The van der Waals surface area contributed by atoms with Gasteiger partial charge in [0.2, 0.25) is 11.8 Å². The number of amides is 1. The topological polar surface area (TPSA) is 102 Å². The van der Waals surface area contributed by atoms with Crippen molar-refractivity contribution < 1.29 is 17.6 Å². The van der Waals surface area contributed by atoms with Crippen molar-refractivity contribution in [3.8, 4) is 11.5 Å². The first-order valence-corrected chi connectivity index (χ1v) is 11.5. The van der Waals surface area contributed by atoms with Crippen LogP contribution in [-0.4, -0.2) is 35.5 Å². The smallest absolute Gasteiger partial charge is 0.322 e. The highest BCUT2D eigenvalue weighted by molar-refractivity contribution is 7.99. The fourth-order valence-electron chi connectivity index (χ4n) is 2.52. The first-order chi connectivity index (χ1) is 13.8. The first-order valence-electron chi connectivity index (χ1n) is 9.02. The average Bonchev–Trinajstić information content (AvgIpc) is 3.15. The Bertz CT molecular complexity index is 1080. The third-order valence-corrected chi connectivity index (χ3v) is 6.55. The van der Waals surface area contributed by atoms with Crippen LogP contribution >= 0.6 is 11.8 Å². The van der Waals surface area contributed by atoms with Crippen LogP contribution in [-0.2, 0) is 14.6 Å². The summed E-state index contributed by atoms with van der Waals surface area (Å²) >= 11 is 1.72. The number of nitrogens with zero attached hydrogens (tertiary/aromatic N) is 2. The van der Waals surface area contributed by atoms with Crippen molar-refractivity contribution in [1.82, 2.24) is 10.2 Å². The number of aromatic nitrogens is 2. The zero-order chi connectivity index (χ0) is 20.9. The third kappa shape index (κ3) is 5.91. The summed E-state index contributed by atoms with van der Waals surface area (Å²) in [5.74, 6) is -0.537. The van der Waals surface area contributed by atoms with Crippen LogP contribution in [0.3, 0.4) is 0 Å². The quantitative estimate of drug-likeness (QED) is 0.537. The van der Waals surface area contributed by atoms with Crippen molar-refractivity contribution in [2.75, 3.05) is 11.1 Å². The van der Waals surface area contributed by atoms with Crippen molar-refractivity contribution >= 4 is 33.5 Å². The van der Waals surface area contributed by atoms with Gasteiger partial charge in [0.1, 0.15) is 0 Å². The molecule has 1 heterocycles. The minimum absolute atomic E-state index is 0.0657. The molecule has 0 spiro atoms. The molecule has 2 aromatic carbocycles. The number of carbonyl (C=O) groups excluding carboxylic acids is 1. The summed E-state index contributed by atoms with van der Waals surface area (Å²) in [5.41, 5.74) is 0.746. The second-order valence-corrected chi connectivity index (χ2v) is 10.3. The highest BCUT2D eigenvalue weighted by Crippen LogP contribution is 2.28. The summed E-state index contributed by atoms with van der Waals surface area (Å²) in [6.45, 7) is 4.21. The molecule has 9 heteroatoms. The lowest BCUT2D eigenvalue weighted by molar-refractivity contribution is -0.115. The molecule has 0 aliphatic carbocycles. The SMILES string of the molecule is CC(C)Sc1cccc(-c2nnc(NC(=O)CCS(=O)(=O)c3ccccc3)o2)c1. The van der Waals surface area contributed by atoms with Crippen molar-refractivity contribution in [3.05, 3.63) is 54.6 Å². The van der Waals surface area contributed by atoms with Crippen LogP contribution in [0.2, 0.25) is 0 Å². The Morgan fingerprint density at radius 3 is 2.59 bits per heavy atom. The van der Waals surface area contributed by atoms with Gasteiger partial charge < -0.3 is 4.42 Å². The fourth-order valence-corrected chi connectivity index (χ4v) is 4.68. The van der Waals surface area contributed by atoms with E-state index in [0.717, 1.165) is 10.5 Å². The summed E-state index contributed by atoms with van der Waals surface area (Å²) in [4.78, 5) is 13.4. The van der Waals surface area contributed by atoms with E-state index in [1.54, 1.807) is 30.0 Å². The van der Waals surface area contributed by atoms with E-state index in [9.17, 15) is 13.2 Å². The Balaban J connectivity index is 1.61. The summed E-state index contributed by atoms with van der Waals surface area (Å²) in [6, 6.07) is 15.6.